The summed E-state index contributed by atoms with van der Waals surface area (Å²) in [5.41, 5.74) is 12.0. The van der Waals surface area contributed by atoms with Crippen LogP contribution in [0.2, 0.25) is 0 Å². The fraction of sp³-hybridized carbons (Fsp3) is 0.600. The molecule has 0 aromatic carbocycles. The zero-order valence-electron chi connectivity index (χ0n) is 18.4. The third-order valence-electron chi connectivity index (χ3n) is 4.70. The van der Waals surface area contributed by atoms with Gasteiger partial charge in [-0.3, -0.25) is 13.7 Å². The number of hydrogen-bond acceptors (Lipinski definition) is 15. The highest BCUT2D eigenvalue weighted by Gasteiger charge is 2.46. The monoisotopic (exact) mass is 576 g/mol. The molecule has 1 fully saturated rings. The normalized spacial score (nSPS) is 24.2. The van der Waals surface area contributed by atoms with Crippen molar-refractivity contribution in [3.63, 3.8) is 0 Å². The van der Waals surface area contributed by atoms with Crippen LogP contribution in [0.4, 0.5) is 5.82 Å². The van der Waals surface area contributed by atoms with Crippen LogP contribution in [0.15, 0.2) is 12.7 Å². The maximum absolute atomic E-state index is 10.7. The molecule has 0 aliphatic carbocycles. The molecule has 3 heterocycles. The molecule has 0 bridgehead atoms. The number of carbonyl (C=O) groups is 1. The molecular formula is C15H24N6O12S3. The van der Waals surface area contributed by atoms with Gasteiger partial charge in [0.1, 0.15) is 41.7 Å². The number of carboxylic acid groups (broad SMARTS) is 1. The number of hydrogen-bond donors (Lipinski definition) is 6. The first-order valence-corrected chi connectivity index (χ1v) is 14.4. The second-order valence-corrected chi connectivity index (χ2v) is 12.0. The van der Waals surface area contributed by atoms with Crippen molar-refractivity contribution in [2.24, 2.45) is 5.73 Å². The minimum absolute atomic E-state index is 0.211. The molecule has 0 saturated carbocycles. The number of fused-ring (bicyclic) bond motifs is 1. The standard InChI is InChI=1S/C15H22N6O5S.H2O7S2/c1-27(3-2-7(16)15(24)25)4-8-10(22)11(23)14(26-8)21-6-20-9-12(17)18-5-19-13(9)21;1-8(2,3)7-9(4,5)6/h5-8,10-11,14,22-23H,2-4,16H2,1H3,(H2-,17,18,19,24,25);(H,1,2,3)(H,4,5,6)/t7?,8-,10-,11-,14-,27?;/m1./s1. The fourth-order valence-corrected chi connectivity index (χ4v) is 5.60. The predicted octanol–water partition coefficient (Wildman–Crippen LogP) is -4.65. The Kier molecular flexibility index (Phi) is 9.91. The van der Waals surface area contributed by atoms with Gasteiger partial charge in [0.25, 0.3) is 0 Å². The molecule has 0 amide bonds. The van der Waals surface area contributed by atoms with Gasteiger partial charge in [-0.05, 0) is 10.9 Å². The molecule has 1 aliphatic heterocycles. The van der Waals surface area contributed by atoms with Crippen molar-refractivity contribution < 1.29 is 54.4 Å². The minimum atomic E-state index is -5.12. The number of aromatic nitrogens is 4. The molecule has 0 spiro atoms. The highest BCUT2D eigenvalue weighted by molar-refractivity contribution is 7.96. The lowest BCUT2D eigenvalue weighted by atomic mass is 10.1. The summed E-state index contributed by atoms with van der Waals surface area (Å²) in [4.78, 5) is 22.8. The number of aliphatic carboxylic acids is 1. The minimum Gasteiger partial charge on any atom is -0.548 e. The quantitative estimate of drug-likeness (QED) is 0.121. The molecule has 3 rings (SSSR count). The van der Waals surface area contributed by atoms with Crippen LogP contribution in [0, 0.1) is 0 Å². The third-order valence-corrected chi connectivity index (χ3v) is 7.91. The van der Waals surface area contributed by atoms with Crippen molar-refractivity contribution in [2.45, 2.75) is 37.0 Å². The van der Waals surface area contributed by atoms with Crippen LogP contribution >= 0.6 is 0 Å². The molecule has 6 atom stereocenters. The first-order valence-electron chi connectivity index (χ1n) is 9.66. The van der Waals surface area contributed by atoms with Gasteiger partial charge in [0, 0.05) is 12.5 Å². The first kappa shape index (κ1) is 30.0. The number of nitrogens with two attached hydrogens (primary N) is 2. The van der Waals surface area contributed by atoms with Crippen LogP contribution in [0.3, 0.4) is 0 Å². The molecular weight excluding hydrogens is 552 g/mol. The summed E-state index contributed by atoms with van der Waals surface area (Å²) in [6.07, 6.45) is 1.17. The molecule has 204 valence electrons. The average Bonchev–Trinajstić information content (AvgIpc) is 3.27. The first-order chi connectivity index (χ1) is 16.5. The number of nitrogen functional groups attached to an aromatic ring is 1. The van der Waals surface area contributed by atoms with E-state index in [1.807, 2.05) is 6.26 Å². The van der Waals surface area contributed by atoms with Gasteiger partial charge in [-0.15, -0.1) is 3.63 Å². The summed E-state index contributed by atoms with van der Waals surface area (Å²) < 4.78 is 63.0. The Balaban J connectivity index is 0.000000434. The molecule has 2 unspecified atom stereocenters. The number of imidazole rings is 1. The topological polar surface area (TPSA) is 303 Å². The number of nitrogens with zero attached hydrogens (tertiary/aromatic N) is 4. The fourth-order valence-electron chi connectivity index (χ4n) is 3.07. The van der Waals surface area contributed by atoms with E-state index in [0.717, 1.165) is 0 Å². The van der Waals surface area contributed by atoms with Crippen LogP contribution in [-0.4, -0.2) is 104 Å². The Hall–Kier alpha value is -2.21. The molecule has 8 N–H and O–H groups in total. The van der Waals surface area contributed by atoms with Crippen LogP contribution in [0.5, 0.6) is 0 Å². The smallest absolute Gasteiger partial charge is 0.413 e. The lowest BCUT2D eigenvalue weighted by Crippen LogP contribution is -2.43. The maximum Gasteiger partial charge on any atom is 0.413 e. The van der Waals surface area contributed by atoms with Crippen molar-refractivity contribution >= 4 is 54.6 Å². The van der Waals surface area contributed by atoms with Crippen LogP contribution in [-0.2, 0) is 44.9 Å². The molecule has 36 heavy (non-hydrogen) atoms. The Morgan fingerprint density at radius 2 is 1.83 bits per heavy atom. The highest BCUT2D eigenvalue weighted by Crippen LogP contribution is 2.32. The van der Waals surface area contributed by atoms with Gasteiger partial charge in [-0.1, -0.05) is 0 Å². The molecule has 18 nitrogen and oxygen atoms in total. The van der Waals surface area contributed by atoms with Crippen molar-refractivity contribution in [1.29, 1.82) is 0 Å². The van der Waals surface area contributed by atoms with Crippen LogP contribution < -0.4 is 16.6 Å². The van der Waals surface area contributed by atoms with Gasteiger partial charge in [-0.25, -0.2) is 15.0 Å². The van der Waals surface area contributed by atoms with E-state index in [0.29, 0.717) is 22.7 Å². The average molecular weight is 577 g/mol. The number of anilines is 1. The third kappa shape index (κ3) is 8.43. The molecule has 21 heteroatoms. The molecule has 2 aromatic rings. The number of aliphatic hydroxyl groups is 2. The van der Waals surface area contributed by atoms with E-state index in [1.165, 1.54) is 17.2 Å². The van der Waals surface area contributed by atoms with Gasteiger partial charge in [0.15, 0.2) is 17.7 Å². The second kappa shape index (κ2) is 11.9. The van der Waals surface area contributed by atoms with Crippen molar-refractivity contribution in [1.82, 2.24) is 19.5 Å². The summed E-state index contributed by atoms with van der Waals surface area (Å²) in [6.45, 7) is 0. The van der Waals surface area contributed by atoms with E-state index < -0.39 is 57.3 Å². The number of carbonyl (C=O) groups excluding carboxylic acids is 1. The van der Waals surface area contributed by atoms with Crippen molar-refractivity contribution in [3.8, 4) is 0 Å². The number of rotatable bonds is 9. The Morgan fingerprint density at radius 1 is 1.22 bits per heavy atom. The van der Waals surface area contributed by atoms with E-state index in [1.54, 1.807) is 0 Å². The SMILES string of the molecule is C[S+](CCC(N)C(=O)[O-])C[C@H]1O[C@@H](n2cnc3c(N)ncnc32)[C@H](O)[C@@H]1O.O=S(=O)(O)OS(=O)(=O)O. The van der Waals surface area contributed by atoms with Crippen molar-refractivity contribution in [3.05, 3.63) is 12.7 Å². The summed E-state index contributed by atoms with van der Waals surface area (Å²) >= 11 is 0. The number of aliphatic hydroxyl groups excluding tert-OH is 2. The van der Waals surface area contributed by atoms with E-state index in [2.05, 4.69) is 18.6 Å². The second-order valence-electron chi connectivity index (χ2n) is 7.42. The number of ether oxygens (including phenoxy) is 1. The number of carboxylic acids is 1. The van der Waals surface area contributed by atoms with Gasteiger partial charge < -0.3 is 36.3 Å². The van der Waals surface area contributed by atoms with Gasteiger partial charge in [0.05, 0.1) is 18.6 Å². The van der Waals surface area contributed by atoms with Crippen LogP contribution in [0.1, 0.15) is 12.6 Å². The summed E-state index contributed by atoms with van der Waals surface area (Å²) in [7, 11) is -10.5. The summed E-state index contributed by atoms with van der Waals surface area (Å²) in [6, 6.07) is -1.02. The molecule has 1 saturated heterocycles. The summed E-state index contributed by atoms with van der Waals surface area (Å²) in [5, 5.41) is 31.5. The van der Waals surface area contributed by atoms with E-state index in [-0.39, 0.29) is 23.1 Å². The van der Waals surface area contributed by atoms with E-state index in [4.69, 9.17) is 25.3 Å². The van der Waals surface area contributed by atoms with E-state index >= 15 is 0 Å². The lowest BCUT2D eigenvalue weighted by molar-refractivity contribution is -0.307. The van der Waals surface area contributed by atoms with Gasteiger partial charge in [0.2, 0.25) is 0 Å². The van der Waals surface area contributed by atoms with Crippen LogP contribution in [0.25, 0.3) is 11.2 Å². The highest BCUT2D eigenvalue weighted by atomic mass is 32.3. The molecule has 0 radical (unpaired) electrons. The largest absolute Gasteiger partial charge is 0.548 e. The maximum atomic E-state index is 10.7. The van der Waals surface area contributed by atoms with Gasteiger partial charge >= 0.3 is 20.8 Å². The zero-order valence-corrected chi connectivity index (χ0v) is 20.8. The molecule has 2 aromatic heterocycles. The molecule has 1 aliphatic rings. The lowest BCUT2D eigenvalue weighted by Gasteiger charge is -2.16. The van der Waals surface area contributed by atoms with Crippen molar-refractivity contribution in [2.75, 3.05) is 23.5 Å². The van der Waals surface area contributed by atoms with E-state index in [9.17, 15) is 36.9 Å². The van der Waals surface area contributed by atoms with Gasteiger partial charge in [-0.2, -0.15) is 16.8 Å². The predicted molar refractivity (Wildman–Crippen MR) is 120 cm³/mol. The Bertz CT molecular complexity index is 1240. The Morgan fingerprint density at radius 3 is 2.36 bits per heavy atom. The summed E-state index contributed by atoms with van der Waals surface area (Å²) in [5.74, 6) is -0.0611. The Labute approximate surface area is 207 Å². The zero-order chi connectivity index (χ0) is 27.4.